The third-order valence-electron chi connectivity index (χ3n) is 3.32. The molecule has 0 fully saturated rings. The van der Waals surface area contributed by atoms with Crippen LogP contribution in [0, 0.1) is 16.0 Å². The number of carboxylic acids is 1. The van der Waals surface area contributed by atoms with Crippen LogP contribution < -0.4 is 0 Å². The Morgan fingerprint density at radius 2 is 2.00 bits per heavy atom. The molecule has 0 amide bonds. The van der Waals surface area contributed by atoms with Crippen LogP contribution in [0.4, 0.5) is 0 Å². The van der Waals surface area contributed by atoms with Crippen molar-refractivity contribution in [1.29, 1.82) is 0 Å². The van der Waals surface area contributed by atoms with Gasteiger partial charge in [0.1, 0.15) is 0 Å². The number of hydrogen-bond acceptors (Lipinski definition) is 3. The molecule has 20 heavy (non-hydrogen) atoms. The van der Waals surface area contributed by atoms with Crippen LogP contribution in [0.15, 0.2) is 28.7 Å². The Hall–Kier alpha value is -1.43. The van der Waals surface area contributed by atoms with Crippen molar-refractivity contribution in [1.82, 2.24) is 0 Å². The Balaban J connectivity index is 3.04. The molecule has 110 valence electrons. The Labute approximate surface area is 126 Å². The van der Waals surface area contributed by atoms with E-state index in [1.807, 2.05) is 6.92 Å². The summed E-state index contributed by atoms with van der Waals surface area (Å²) in [5, 5.41) is 20.2. The summed E-state index contributed by atoms with van der Waals surface area (Å²) in [4.78, 5) is 21.9. The minimum absolute atomic E-state index is 0.359. The van der Waals surface area contributed by atoms with Gasteiger partial charge in [-0.25, -0.2) is 0 Å². The molecule has 0 heterocycles. The molecule has 0 saturated heterocycles. The van der Waals surface area contributed by atoms with Gasteiger partial charge in [-0.05, 0) is 24.1 Å². The van der Waals surface area contributed by atoms with Crippen molar-refractivity contribution in [3.63, 3.8) is 0 Å². The lowest BCUT2D eigenvalue weighted by atomic mass is 9.83. The predicted octanol–water partition coefficient (Wildman–Crippen LogP) is 3.70. The number of nitrogens with zero attached hydrogens (tertiary/aromatic N) is 1. The minimum atomic E-state index is -0.965. The van der Waals surface area contributed by atoms with Crippen LogP contribution in [0.1, 0.15) is 37.7 Å². The quantitative estimate of drug-likeness (QED) is 0.576. The fourth-order valence-corrected chi connectivity index (χ4v) is 2.52. The number of benzene rings is 1. The number of aliphatic carboxylic acids is 1. The summed E-state index contributed by atoms with van der Waals surface area (Å²) in [6, 6.07) is 7.06. The molecule has 0 spiro atoms. The average Bonchev–Trinajstić information content (AvgIpc) is 2.38. The van der Waals surface area contributed by atoms with Crippen LogP contribution in [0.2, 0.25) is 0 Å². The molecular weight excluding hydrogens is 326 g/mol. The number of hydrogen-bond donors (Lipinski definition) is 1. The van der Waals surface area contributed by atoms with Gasteiger partial charge < -0.3 is 5.11 Å². The largest absolute Gasteiger partial charge is 0.481 e. The molecule has 0 saturated carbocycles. The molecule has 1 N–H and O–H groups in total. The highest BCUT2D eigenvalue weighted by Gasteiger charge is 2.32. The van der Waals surface area contributed by atoms with Gasteiger partial charge in [0, 0.05) is 9.40 Å². The van der Waals surface area contributed by atoms with Gasteiger partial charge in [0.2, 0.25) is 6.54 Å². The van der Waals surface area contributed by atoms with Gasteiger partial charge in [-0.15, -0.1) is 0 Å². The van der Waals surface area contributed by atoms with E-state index in [-0.39, 0.29) is 6.54 Å². The van der Waals surface area contributed by atoms with Crippen LogP contribution in [0.3, 0.4) is 0 Å². The molecule has 1 rings (SSSR count). The maximum atomic E-state index is 11.4. The van der Waals surface area contributed by atoms with Crippen LogP contribution in [0.5, 0.6) is 0 Å². The topological polar surface area (TPSA) is 80.4 Å². The number of halogens is 1. The van der Waals surface area contributed by atoms with Gasteiger partial charge in [0.05, 0.1) is 11.8 Å². The fourth-order valence-electron chi connectivity index (χ4n) is 2.26. The third kappa shape index (κ3) is 4.92. The van der Waals surface area contributed by atoms with E-state index in [0.717, 1.165) is 17.3 Å². The number of carbonyl (C=O) groups is 1. The van der Waals surface area contributed by atoms with E-state index in [0.29, 0.717) is 12.0 Å². The summed E-state index contributed by atoms with van der Waals surface area (Å²) in [7, 11) is 0. The fraction of sp³-hybridized carbons (Fsp3) is 0.500. The molecule has 1 aromatic carbocycles. The summed E-state index contributed by atoms with van der Waals surface area (Å²) in [5.41, 5.74) is 0.702. The third-order valence-corrected chi connectivity index (χ3v) is 3.84. The SMILES string of the molecule is CCCC[C@H](C(=O)O)[C@@H](C[N+](=O)[O-])c1ccc(Br)cc1. The van der Waals surface area contributed by atoms with Crippen LogP contribution in [0.25, 0.3) is 0 Å². The lowest BCUT2D eigenvalue weighted by Crippen LogP contribution is -2.27. The monoisotopic (exact) mass is 343 g/mol. The summed E-state index contributed by atoms with van der Waals surface area (Å²) in [6.07, 6.45) is 2.08. The highest BCUT2D eigenvalue weighted by molar-refractivity contribution is 9.10. The van der Waals surface area contributed by atoms with Crippen LogP contribution in [-0.4, -0.2) is 22.5 Å². The van der Waals surface area contributed by atoms with E-state index in [1.54, 1.807) is 24.3 Å². The van der Waals surface area contributed by atoms with Crippen molar-refractivity contribution < 1.29 is 14.8 Å². The Morgan fingerprint density at radius 3 is 2.45 bits per heavy atom. The molecule has 1 aromatic rings. The zero-order valence-electron chi connectivity index (χ0n) is 11.3. The first-order chi connectivity index (χ1) is 9.45. The molecule has 0 aliphatic carbocycles. The Kier molecular flexibility index (Phi) is 6.64. The van der Waals surface area contributed by atoms with E-state index in [2.05, 4.69) is 15.9 Å². The highest BCUT2D eigenvalue weighted by Crippen LogP contribution is 2.30. The molecule has 0 radical (unpaired) electrons. The zero-order valence-corrected chi connectivity index (χ0v) is 12.9. The second-order valence-electron chi connectivity index (χ2n) is 4.76. The van der Waals surface area contributed by atoms with Gasteiger partial charge in [0.25, 0.3) is 0 Å². The Morgan fingerprint density at radius 1 is 1.40 bits per heavy atom. The smallest absolute Gasteiger partial charge is 0.307 e. The van der Waals surface area contributed by atoms with Crippen molar-refractivity contribution >= 4 is 21.9 Å². The molecule has 0 unspecified atom stereocenters. The van der Waals surface area contributed by atoms with E-state index in [1.165, 1.54) is 0 Å². The van der Waals surface area contributed by atoms with Crippen molar-refractivity contribution in [3.05, 3.63) is 44.4 Å². The first kappa shape index (κ1) is 16.6. The summed E-state index contributed by atoms with van der Waals surface area (Å²) in [6.45, 7) is 1.61. The molecule has 6 heteroatoms. The molecule has 5 nitrogen and oxygen atoms in total. The van der Waals surface area contributed by atoms with Crippen molar-refractivity contribution in [2.24, 2.45) is 5.92 Å². The Bertz CT molecular complexity index is 461. The molecule has 0 aliphatic heterocycles. The molecule has 2 atom stereocenters. The number of rotatable bonds is 8. The van der Waals surface area contributed by atoms with Crippen LogP contribution >= 0.6 is 15.9 Å². The van der Waals surface area contributed by atoms with E-state index in [9.17, 15) is 20.0 Å². The van der Waals surface area contributed by atoms with Gasteiger partial charge in [0.15, 0.2) is 0 Å². The van der Waals surface area contributed by atoms with E-state index >= 15 is 0 Å². The van der Waals surface area contributed by atoms with Crippen LogP contribution in [-0.2, 0) is 4.79 Å². The standard InChI is InChI=1S/C14H18BrNO4/c1-2-3-4-12(14(17)18)13(9-16(19)20)10-5-7-11(15)8-6-10/h5-8,12-13H,2-4,9H2,1H3,(H,17,18)/t12-,13-/m0/s1. The molecule has 0 bridgehead atoms. The maximum Gasteiger partial charge on any atom is 0.307 e. The summed E-state index contributed by atoms with van der Waals surface area (Å²) < 4.78 is 0.863. The van der Waals surface area contributed by atoms with Gasteiger partial charge in [-0.2, -0.15) is 0 Å². The molecule has 0 aliphatic rings. The van der Waals surface area contributed by atoms with Crippen molar-refractivity contribution in [2.75, 3.05) is 6.54 Å². The normalized spacial score (nSPS) is 13.7. The molecular formula is C14H18BrNO4. The molecule has 0 aromatic heterocycles. The first-order valence-electron chi connectivity index (χ1n) is 6.55. The highest BCUT2D eigenvalue weighted by atomic mass is 79.9. The van der Waals surface area contributed by atoms with Crippen molar-refractivity contribution in [3.8, 4) is 0 Å². The van der Waals surface area contributed by atoms with Gasteiger partial charge >= 0.3 is 5.97 Å². The lowest BCUT2D eigenvalue weighted by Gasteiger charge is -2.21. The zero-order chi connectivity index (χ0) is 15.1. The number of unbranched alkanes of at least 4 members (excludes halogenated alkanes) is 1. The summed E-state index contributed by atoms with van der Waals surface area (Å²) in [5.74, 6) is -2.28. The summed E-state index contributed by atoms with van der Waals surface area (Å²) >= 11 is 3.30. The number of nitro groups is 1. The second kappa shape index (κ2) is 7.99. The first-order valence-corrected chi connectivity index (χ1v) is 7.35. The van der Waals surface area contributed by atoms with E-state index in [4.69, 9.17) is 0 Å². The van der Waals surface area contributed by atoms with Gasteiger partial charge in [-0.3, -0.25) is 14.9 Å². The lowest BCUT2D eigenvalue weighted by molar-refractivity contribution is -0.484. The minimum Gasteiger partial charge on any atom is -0.481 e. The van der Waals surface area contributed by atoms with E-state index < -0.39 is 22.7 Å². The second-order valence-corrected chi connectivity index (χ2v) is 5.68. The number of carboxylic acid groups (broad SMARTS) is 1. The van der Waals surface area contributed by atoms with Crippen molar-refractivity contribution in [2.45, 2.75) is 32.1 Å². The average molecular weight is 344 g/mol. The predicted molar refractivity (Wildman–Crippen MR) is 79.4 cm³/mol. The van der Waals surface area contributed by atoms with Gasteiger partial charge in [-0.1, -0.05) is 47.8 Å². The maximum absolute atomic E-state index is 11.4.